The van der Waals surface area contributed by atoms with Crippen LogP contribution in [-0.2, 0) is 13.6 Å². The van der Waals surface area contributed by atoms with Gasteiger partial charge in [-0.15, -0.1) is 10.2 Å². The van der Waals surface area contributed by atoms with Crippen molar-refractivity contribution in [2.75, 3.05) is 31.1 Å². The van der Waals surface area contributed by atoms with Crippen LogP contribution in [-0.4, -0.2) is 62.7 Å². The average molecular weight is 374 g/mol. The summed E-state index contributed by atoms with van der Waals surface area (Å²) in [6, 6.07) is 0.397. The van der Waals surface area contributed by atoms with Crippen LogP contribution in [0.5, 0.6) is 0 Å². The van der Waals surface area contributed by atoms with E-state index in [1.807, 2.05) is 22.5 Å². The molecule has 27 heavy (non-hydrogen) atoms. The number of hydrogen-bond donors (Lipinski definition) is 2. The maximum atomic E-state index is 4.75. The van der Waals surface area contributed by atoms with Gasteiger partial charge in [0.15, 0.2) is 5.96 Å². The summed E-state index contributed by atoms with van der Waals surface area (Å²) in [6.07, 6.45) is 12.0. The molecule has 2 aromatic rings. The van der Waals surface area contributed by atoms with E-state index in [-0.39, 0.29) is 0 Å². The standard InChI is InChI=1S/C18H31N9/c1-3-19-18(20-8-4-5-9-26-14-21-22-15-26)24-16-7-6-10-27(12-16)17-11-23-25(2)13-17/h11,13-16H,3-10,12H2,1-2H3,(H2,19,20,24). The normalized spacial score (nSPS) is 17.9. The first kappa shape index (κ1) is 19.2. The SMILES string of the molecule is CCNC(=NCCCCn1cnnc1)NC1CCCN(c2cnn(C)c2)C1. The largest absolute Gasteiger partial charge is 0.367 e. The van der Waals surface area contributed by atoms with Gasteiger partial charge in [0.05, 0.1) is 11.9 Å². The zero-order valence-corrected chi connectivity index (χ0v) is 16.4. The third-order valence-electron chi connectivity index (χ3n) is 4.72. The van der Waals surface area contributed by atoms with E-state index >= 15 is 0 Å². The van der Waals surface area contributed by atoms with E-state index in [2.05, 4.69) is 44.0 Å². The van der Waals surface area contributed by atoms with Gasteiger partial charge in [0.2, 0.25) is 0 Å². The highest BCUT2D eigenvalue weighted by Gasteiger charge is 2.21. The Hall–Kier alpha value is -2.58. The van der Waals surface area contributed by atoms with Gasteiger partial charge in [-0.05, 0) is 32.6 Å². The van der Waals surface area contributed by atoms with Crippen molar-refractivity contribution in [1.29, 1.82) is 0 Å². The van der Waals surface area contributed by atoms with Gasteiger partial charge in [0.1, 0.15) is 12.7 Å². The molecule has 0 aromatic carbocycles. The smallest absolute Gasteiger partial charge is 0.191 e. The van der Waals surface area contributed by atoms with Gasteiger partial charge >= 0.3 is 0 Å². The van der Waals surface area contributed by atoms with Crippen molar-refractivity contribution in [2.45, 2.75) is 45.2 Å². The quantitative estimate of drug-likeness (QED) is 0.408. The zero-order valence-electron chi connectivity index (χ0n) is 16.4. The Kier molecular flexibility index (Phi) is 7.06. The van der Waals surface area contributed by atoms with E-state index in [4.69, 9.17) is 4.99 Å². The number of piperidine rings is 1. The van der Waals surface area contributed by atoms with Crippen LogP contribution in [0.4, 0.5) is 5.69 Å². The molecule has 1 saturated heterocycles. The van der Waals surface area contributed by atoms with Crippen LogP contribution in [0, 0.1) is 0 Å². The van der Waals surface area contributed by atoms with Crippen molar-refractivity contribution in [1.82, 2.24) is 35.2 Å². The number of nitrogens with one attached hydrogen (secondary N) is 2. The number of guanidine groups is 1. The third kappa shape index (κ3) is 5.97. The molecule has 0 bridgehead atoms. The van der Waals surface area contributed by atoms with Crippen molar-refractivity contribution in [3.63, 3.8) is 0 Å². The second-order valence-electron chi connectivity index (χ2n) is 6.97. The molecule has 9 heteroatoms. The van der Waals surface area contributed by atoms with Crippen LogP contribution in [0.25, 0.3) is 0 Å². The van der Waals surface area contributed by atoms with Gasteiger partial charge in [-0.2, -0.15) is 5.10 Å². The minimum absolute atomic E-state index is 0.397. The number of hydrogen-bond acceptors (Lipinski definition) is 5. The van der Waals surface area contributed by atoms with Crippen LogP contribution < -0.4 is 15.5 Å². The lowest BCUT2D eigenvalue weighted by molar-refractivity contribution is 0.467. The molecule has 0 radical (unpaired) electrons. The van der Waals surface area contributed by atoms with E-state index in [0.717, 1.165) is 57.9 Å². The second kappa shape index (κ2) is 9.94. The molecule has 148 valence electrons. The van der Waals surface area contributed by atoms with Crippen LogP contribution in [0.1, 0.15) is 32.6 Å². The lowest BCUT2D eigenvalue weighted by Gasteiger charge is -2.34. The monoisotopic (exact) mass is 373 g/mol. The van der Waals surface area contributed by atoms with Crippen LogP contribution in [0.3, 0.4) is 0 Å². The Morgan fingerprint density at radius 3 is 2.89 bits per heavy atom. The van der Waals surface area contributed by atoms with Gasteiger partial charge in [-0.3, -0.25) is 9.67 Å². The highest BCUT2D eigenvalue weighted by molar-refractivity contribution is 5.80. The van der Waals surface area contributed by atoms with Crippen molar-refractivity contribution in [3.8, 4) is 0 Å². The maximum Gasteiger partial charge on any atom is 0.191 e. The van der Waals surface area contributed by atoms with Crippen molar-refractivity contribution >= 4 is 11.6 Å². The molecule has 1 aliphatic rings. The summed E-state index contributed by atoms with van der Waals surface area (Å²) in [7, 11) is 1.96. The number of aryl methyl sites for hydroxylation is 2. The number of aliphatic imine (C=N–C) groups is 1. The van der Waals surface area contributed by atoms with Crippen molar-refractivity contribution < 1.29 is 0 Å². The predicted octanol–water partition coefficient (Wildman–Crippen LogP) is 1.02. The first-order valence-electron chi connectivity index (χ1n) is 9.85. The summed E-state index contributed by atoms with van der Waals surface area (Å²) in [5, 5.41) is 18.9. The van der Waals surface area contributed by atoms with Gasteiger partial charge in [-0.25, -0.2) is 0 Å². The van der Waals surface area contributed by atoms with Gasteiger partial charge in [0.25, 0.3) is 0 Å². The van der Waals surface area contributed by atoms with Crippen LogP contribution in [0.15, 0.2) is 30.0 Å². The molecular weight excluding hydrogens is 342 g/mol. The molecule has 0 spiro atoms. The first-order chi connectivity index (χ1) is 13.2. The second-order valence-corrected chi connectivity index (χ2v) is 6.97. The lowest BCUT2D eigenvalue weighted by atomic mass is 10.1. The fourth-order valence-corrected chi connectivity index (χ4v) is 3.35. The number of unbranched alkanes of at least 4 members (excludes halogenated alkanes) is 1. The maximum absolute atomic E-state index is 4.75. The minimum atomic E-state index is 0.397. The summed E-state index contributed by atoms with van der Waals surface area (Å²) < 4.78 is 3.86. The highest BCUT2D eigenvalue weighted by atomic mass is 15.3. The first-order valence-corrected chi connectivity index (χ1v) is 9.85. The fraction of sp³-hybridized carbons (Fsp3) is 0.667. The molecule has 9 nitrogen and oxygen atoms in total. The number of rotatable bonds is 8. The van der Waals surface area contributed by atoms with Gasteiger partial charge in [-0.1, -0.05) is 0 Å². The summed E-state index contributed by atoms with van der Waals surface area (Å²) >= 11 is 0. The summed E-state index contributed by atoms with van der Waals surface area (Å²) in [4.78, 5) is 7.15. The molecule has 1 fully saturated rings. The Morgan fingerprint density at radius 1 is 1.30 bits per heavy atom. The molecule has 3 rings (SSSR count). The number of aromatic nitrogens is 5. The molecule has 0 amide bonds. The summed E-state index contributed by atoms with van der Waals surface area (Å²) in [5.74, 6) is 0.917. The molecule has 3 heterocycles. The molecular formula is C18H31N9. The molecule has 1 unspecified atom stereocenters. The summed E-state index contributed by atoms with van der Waals surface area (Å²) in [6.45, 7) is 6.79. The fourth-order valence-electron chi connectivity index (χ4n) is 3.35. The van der Waals surface area contributed by atoms with E-state index < -0.39 is 0 Å². The number of nitrogens with zero attached hydrogens (tertiary/aromatic N) is 7. The Bertz CT molecular complexity index is 692. The average Bonchev–Trinajstić information content (AvgIpc) is 3.33. The highest BCUT2D eigenvalue weighted by Crippen LogP contribution is 2.18. The molecule has 0 aliphatic carbocycles. The predicted molar refractivity (Wildman–Crippen MR) is 107 cm³/mol. The number of anilines is 1. The molecule has 0 saturated carbocycles. The van der Waals surface area contributed by atoms with E-state index in [9.17, 15) is 0 Å². The van der Waals surface area contributed by atoms with E-state index in [0.29, 0.717) is 6.04 Å². The summed E-state index contributed by atoms with van der Waals surface area (Å²) in [5.41, 5.74) is 1.19. The van der Waals surface area contributed by atoms with E-state index in [1.165, 1.54) is 12.1 Å². The molecule has 1 aliphatic heterocycles. The zero-order chi connectivity index (χ0) is 18.9. The van der Waals surface area contributed by atoms with Gasteiger partial charge in [0, 0.05) is 52.0 Å². The van der Waals surface area contributed by atoms with Gasteiger partial charge < -0.3 is 20.1 Å². The van der Waals surface area contributed by atoms with Crippen molar-refractivity contribution in [2.24, 2.45) is 12.0 Å². The molecule has 2 aromatic heterocycles. The Morgan fingerprint density at radius 2 is 2.15 bits per heavy atom. The molecule has 2 N–H and O–H groups in total. The topological polar surface area (TPSA) is 88.2 Å². The molecule has 1 atom stereocenters. The van der Waals surface area contributed by atoms with E-state index in [1.54, 1.807) is 12.7 Å². The van der Waals surface area contributed by atoms with Crippen molar-refractivity contribution in [3.05, 3.63) is 25.0 Å². The minimum Gasteiger partial charge on any atom is -0.367 e. The Balaban J connectivity index is 1.45. The van der Waals surface area contributed by atoms with Crippen LogP contribution in [0.2, 0.25) is 0 Å². The van der Waals surface area contributed by atoms with Crippen LogP contribution >= 0.6 is 0 Å². The Labute approximate surface area is 160 Å². The third-order valence-corrected chi connectivity index (χ3v) is 4.72. The lowest BCUT2D eigenvalue weighted by Crippen LogP contribution is -2.51.